The Kier molecular flexibility index (Phi) is 37.1. The van der Waals surface area contributed by atoms with E-state index in [9.17, 15) is 44.6 Å². The second-order valence-electron chi connectivity index (χ2n) is 18.0. The van der Waals surface area contributed by atoms with Crippen LogP contribution >= 0.6 is 7.82 Å². The van der Waals surface area contributed by atoms with Gasteiger partial charge in [-0.25, -0.2) is 4.57 Å². The molecule has 1 fully saturated rings. The smallest absolute Gasteiger partial charge is 0.462 e. The van der Waals surface area contributed by atoms with Crippen molar-refractivity contribution in [3.05, 3.63) is 0 Å². The summed E-state index contributed by atoms with van der Waals surface area (Å²) in [7, 11) is -5.11. The van der Waals surface area contributed by atoms with E-state index in [2.05, 4.69) is 13.8 Å². The van der Waals surface area contributed by atoms with E-state index in [0.717, 1.165) is 38.5 Å². The van der Waals surface area contributed by atoms with Gasteiger partial charge in [0.25, 0.3) is 0 Å². The number of aliphatic hydroxyl groups is 5. The summed E-state index contributed by atoms with van der Waals surface area (Å²) in [4.78, 5) is 35.8. The van der Waals surface area contributed by atoms with Gasteiger partial charge in [0.05, 0.1) is 6.61 Å². The minimum absolute atomic E-state index is 0.105. The van der Waals surface area contributed by atoms with E-state index in [1.807, 2.05) is 0 Å². The van der Waals surface area contributed by atoms with Gasteiger partial charge < -0.3 is 39.9 Å². The summed E-state index contributed by atoms with van der Waals surface area (Å²) < 4.78 is 33.6. The number of phosphoric ester groups is 1. The van der Waals surface area contributed by atoms with Crippen LogP contribution < -0.4 is 0 Å². The molecule has 0 heterocycles. The molecule has 6 N–H and O–H groups in total. The Hall–Kier alpha value is -1.15. The van der Waals surface area contributed by atoms with Crippen molar-refractivity contribution in [3.63, 3.8) is 0 Å². The SMILES string of the molecule is CCCCCCCCCCCCCCCCCCCCC(=O)O[C@H](COC(=O)CCCCCCCCCCCCCCCCC)COP(=O)(O)OC1C(O)C(O)C(O)[C@H](O)C1O. The number of phosphoric acid groups is 1. The molecule has 1 aliphatic rings. The molecule has 0 bridgehead atoms. The standard InChI is InChI=1S/C48H93O13P/c1-3-5-7-9-11-13-15-17-19-20-21-23-25-27-29-31-33-35-37-42(50)60-40(39-59-62(56,57)61-48-46(54)44(52)43(51)45(53)47(48)55)38-58-41(49)36-34-32-30-28-26-24-22-18-16-14-12-10-8-6-4-2/h40,43-48,51-55H,3-39H2,1-2H3,(H,56,57)/t40-,43?,44+,45?,46?,47?,48?/m1/s1. The Labute approximate surface area is 376 Å². The summed E-state index contributed by atoms with van der Waals surface area (Å²) in [5.41, 5.74) is 0. The lowest BCUT2D eigenvalue weighted by atomic mass is 9.85. The first-order valence-electron chi connectivity index (χ1n) is 25.3. The van der Waals surface area contributed by atoms with Crippen LogP contribution in [0, 0.1) is 0 Å². The van der Waals surface area contributed by atoms with Gasteiger partial charge in [0.1, 0.15) is 43.2 Å². The van der Waals surface area contributed by atoms with E-state index in [0.29, 0.717) is 12.8 Å². The third-order valence-electron chi connectivity index (χ3n) is 12.2. The molecule has 8 atom stereocenters. The first-order chi connectivity index (χ1) is 29.9. The van der Waals surface area contributed by atoms with Crippen LogP contribution in [-0.4, -0.2) is 98.3 Å². The van der Waals surface area contributed by atoms with E-state index >= 15 is 0 Å². The zero-order valence-corrected chi connectivity index (χ0v) is 40.1. The normalized spacial score (nSPS) is 21.7. The molecule has 0 aliphatic heterocycles. The second kappa shape index (κ2) is 39.1. The molecule has 0 saturated heterocycles. The molecule has 0 aromatic rings. The van der Waals surface area contributed by atoms with Gasteiger partial charge in [0, 0.05) is 12.8 Å². The van der Waals surface area contributed by atoms with Gasteiger partial charge in [-0.3, -0.25) is 18.6 Å². The van der Waals surface area contributed by atoms with Crippen LogP contribution in [0.1, 0.15) is 239 Å². The van der Waals surface area contributed by atoms with Crippen LogP contribution in [0.3, 0.4) is 0 Å². The Bertz CT molecular complexity index is 1100. The van der Waals surface area contributed by atoms with E-state index in [-0.39, 0.29) is 12.8 Å². The van der Waals surface area contributed by atoms with Gasteiger partial charge in [-0.15, -0.1) is 0 Å². The molecule has 0 aromatic heterocycles. The van der Waals surface area contributed by atoms with E-state index in [4.69, 9.17) is 18.5 Å². The van der Waals surface area contributed by atoms with E-state index in [1.54, 1.807) is 0 Å². The Balaban J connectivity index is 2.39. The Morgan fingerprint density at radius 1 is 0.435 bits per heavy atom. The van der Waals surface area contributed by atoms with Crippen molar-refractivity contribution in [3.8, 4) is 0 Å². The molecular weight excluding hydrogens is 815 g/mol. The van der Waals surface area contributed by atoms with Crippen molar-refractivity contribution in [2.24, 2.45) is 0 Å². The van der Waals surface area contributed by atoms with Gasteiger partial charge in [-0.1, -0.05) is 213 Å². The summed E-state index contributed by atoms with van der Waals surface area (Å²) in [5, 5.41) is 50.2. The fourth-order valence-electron chi connectivity index (χ4n) is 8.11. The third-order valence-corrected chi connectivity index (χ3v) is 13.2. The average molecular weight is 909 g/mol. The lowest BCUT2D eigenvalue weighted by Crippen LogP contribution is -2.64. The highest BCUT2D eigenvalue weighted by Crippen LogP contribution is 2.47. The molecular formula is C48H93O13P. The zero-order chi connectivity index (χ0) is 45.7. The van der Waals surface area contributed by atoms with Gasteiger partial charge >= 0.3 is 19.8 Å². The van der Waals surface area contributed by atoms with E-state index in [1.165, 1.54) is 161 Å². The number of carbonyl (C=O) groups is 2. The minimum atomic E-state index is -5.11. The number of unbranched alkanes of at least 4 members (excludes halogenated alkanes) is 31. The Morgan fingerprint density at radius 2 is 0.726 bits per heavy atom. The third kappa shape index (κ3) is 30.9. The minimum Gasteiger partial charge on any atom is -0.462 e. The number of esters is 2. The molecule has 62 heavy (non-hydrogen) atoms. The molecule has 368 valence electrons. The van der Waals surface area contributed by atoms with Crippen LogP contribution in [0.2, 0.25) is 0 Å². The second-order valence-corrected chi connectivity index (χ2v) is 19.4. The summed E-state index contributed by atoms with van der Waals surface area (Å²) in [6.07, 6.45) is 27.2. The van der Waals surface area contributed by atoms with Crippen LogP contribution in [0.4, 0.5) is 0 Å². The van der Waals surface area contributed by atoms with Gasteiger partial charge in [-0.2, -0.15) is 0 Å². The predicted molar refractivity (Wildman–Crippen MR) is 244 cm³/mol. The molecule has 1 rings (SSSR count). The monoisotopic (exact) mass is 909 g/mol. The van der Waals surface area contributed by atoms with Crippen molar-refractivity contribution >= 4 is 19.8 Å². The first kappa shape index (κ1) is 58.9. The summed E-state index contributed by atoms with van der Waals surface area (Å²) in [5.74, 6) is -1.08. The fourth-order valence-corrected chi connectivity index (χ4v) is 9.09. The van der Waals surface area contributed by atoms with Crippen LogP contribution in [0.15, 0.2) is 0 Å². The van der Waals surface area contributed by atoms with Crippen molar-refractivity contribution in [2.75, 3.05) is 13.2 Å². The lowest BCUT2D eigenvalue weighted by Gasteiger charge is -2.41. The largest absolute Gasteiger partial charge is 0.472 e. The number of aliphatic hydroxyl groups excluding tert-OH is 5. The fraction of sp³-hybridized carbons (Fsp3) is 0.958. The number of hydrogen-bond donors (Lipinski definition) is 6. The molecule has 0 amide bonds. The maximum Gasteiger partial charge on any atom is 0.472 e. The summed E-state index contributed by atoms with van der Waals surface area (Å²) in [6.45, 7) is 3.34. The first-order valence-corrected chi connectivity index (χ1v) is 26.8. The summed E-state index contributed by atoms with van der Waals surface area (Å²) >= 11 is 0. The number of rotatable bonds is 43. The average Bonchev–Trinajstić information content (AvgIpc) is 3.25. The highest BCUT2D eigenvalue weighted by Gasteiger charge is 2.51. The van der Waals surface area contributed by atoms with Crippen molar-refractivity contribution in [1.82, 2.24) is 0 Å². The number of carbonyl (C=O) groups excluding carboxylic acids is 2. The quantitative estimate of drug-likeness (QED) is 0.0191. The molecule has 1 saturated carbocycles. The molecule has 1 aliphatic carbocycles. The molecule has 0 aromatic carbocycles. The Morgan fingerprint density at radius 3 is 1.06 bits per heavy atom. The van der Waals surface area contributed by atoms with Crippen molar-refractivity contribution in [2.45, 2.75) is 281 Å². The lowest BCUT2D eigenvalue weighted by molar-refractivity contribution is -0.220. The van der Waals surface area contributed by atoms with Crippen molar-refractivity contribution in [1.29, 1.82) is 0 Å². The van der Waals surface area contributed by atoms with Crippen LogP contribution in [0.25, 0.3) is 0 Å². The maximum absolute atomic E-state index is 12.8. The van der Waals surface area contributed by atoms with Crippen LogP contribution in [-0.2, 0) is 32.7 Å². The highest BCUT2D eigenvalue weighted by atomic mass is 31.2. The molecule has 13 nitrogen and oxygen atoms in total. The zero-order valence-electron chi connectivity index (χ0n) is 39.2. The maximum atomic E-state index is 12.8. The molecule has 0 spiro atoms. The topological polar surface area (TPSA) is 210 Å². The number of ether oxygens (including phenoxy) is 2. The van der Waals surface area contributed by atoms with Gasteiger partial charge in [-0.05, 0) is 12.8 Å². The van der Waals surface area contributed by atoms with Crippen LogP contribution in [0.5, 0.6) is 0 Å². The molecule has 14 heteroatoms. The van der Waals surface area contributed by atoms with Gasteiger partial charge in [0.15, 0.2) is 6.10 Å². The molecule has 0 radical (unpaired) electrons. The summed E-state index contributed by atoms with van der Waals surface area (Å²) in [6, 6.07) is 0. The van der Waals surface area contributed by atoms with E-state index < -0.39 is 75.7 Å². The predicted octanol–water partition coefficient (Wildman–Crippen LogP) is 10.5. The van der Waals surface area contributed by atoms with Crippen molar-refractivity contribution < 1.29 is 63.1 Å². The highest BCUT2D eigenvalue weighted by molar-refractivity contribution is 7.47. The molecule has 6 unspecified atom stereocenters. The van der Waals surface area contributed by atoms with Gasteiger partial charge in [0.2, 0.25) is 0 Å². The number of hydrogen-bond acceptors (Lipinski definition) is 12.